The summed E-state index contributed by atoms with van der Waals surface area (Å²) in [7, 11) is 1.55. The van der Waals surface area contributed by atoms with Gasteiger partial charge in [0, 0.05) is 32.4 Å². The first-order valence-corrected chi connectivity index (χ1v) is 8.42. The third-order valence-corrected chi connectivity index (χ3v) is 5.02. The molecule has 27 heavy (non-hydrogen) atoms. The first-order chi connectivity index (χ1) is 12.4. The molecule has 3 heterocycles. The Kier molecular flexibility index (Phi) is 5.11. The number of fused-ring (bicyclic) bond motifs is 1. The second kappa shape index (κ2) is 7.06. The van der Waals surface area contributed by atoms with Gasteiger partial charge < -0.3 is 25.0 Å². The van der Waals surface area contributed by atoms with Crippen LogP contribution in [0.25, 0.3) is 11.0 Å². The largest absolute Gasteiger partial charge is 0.477 e. The minimum atomic E-state index is -1.33. The van der Waals surface area contributed by atoms with Crippen molar-refractivity contribution in [3.05, 3.63) is 33.9 Å². The molecule has 0 amide bonds. The number of nitrogens with zero attached hydrogens (tertiary/aromatic N) is 3. The Balaban J connectivity index is 0.00000210. The maximum Gasteiger partial charge on any atom is 0.341 e. The van der Waals surface area contributed by atoms with E-state index in [1.165, 1.54) is 6.20 Å². The van der Waals surface area contributed by atoms with Crippen LogP contribution in [-0.4, -0.2) is 53.0 Å². The molecule has 1 saturated heterocycles. The summed E-state index contributed by atoms with van der Waals surface area (Å²) < 4.78 is 21.7. The Hall–Kier alpha value is -2.23. The number of aromatic carboxylic acids is 1. The number of carboxylic acids is 1. The molecular formula is C17H20ClFN4O4. The summed E-state index contributed by atoms with van der Waals surface area (Å²) in [6.07, 6.45) is 2.82. The molecule has 1 aliphatic heterocycles. The topological polar surface area (TPSA) is 111 Å². The third-order valence-electron chi connectivity index (χ3n) is 5.02. The monoisotopic (exact) mass is 398 g/mol. The van der Waals surface area contributed by atoms with Gasteiger partial charge in [0.25, 0.3) is 0 Å². The van der Waals surface area contributed by atoms with E-state index < -0.39 is 17.2 Å². The Morgan fingerprint density at radius 3 is 2.67 bits per heavy atom. The highest BCUT2D eigenvalue weighted by molar-refractivity contribution is 5.92. The lowest BCUT2D eigenvalue weighted by atomic mass is 10.2. The van der Waals surface area contributed by atoms with Crippen LogP contribution in [0.1, 0.15) is 29.2 Å². The number of carbonyl (C=O) groups is 1. The fourth-order valence-electron chi connectivity index (χ4n) is 3.46. The summed E-state index contributed by atoms with van der Waals surface area (Å²) in [5, 5.41) is 9.25. The summed E-state index contributed by atoms with van der Waals surface area (Å²) in [5.41, 5.74) is 5.21. The molecule has 2 fully saturated rings. The van der Waals surface area contributed by atoms with Crippen LogP contribution in [0, 0.1) is 5.82 Å². The van der Waals surface area contributed by atoms with E-state index >= 15 is 0 Å². The van der Waals surface area contributed by atoms with Crippen LogP contribution in [0.3, 0.4) is 0 Å². The second-order valence-electron chi connectivity index (χ2n) is 6.82. The van der Waals surface area contributed by atoms with Crippen LogP contribution in [0.2, 0.25) is 0 Å². The van der Waals surface area contributed by atoms with Crippen molar-refractivity contribution in [3.63, 3.8) is 0 Å². The highest BCUT2D eigenvalue weighted by Gasteiger charge is 2.34. The SMILES string of the molecule is CO[C@@H]1CN(c2nc3c(cc2F)c(=O)c(C(=O)O)cn3C2CC2)C[C@@H]1N.Cl. The molecule has 8 nitrogen and oxygen atoms in total. The number of pyridine rings is 2. The van der Waals surface area contributed by atoms with Crippen molar-refractivity contribution >= 4 is 35.2 Å². The molecule has 0 bridgehead atoms. The minimum absolute atomic E-state index is 0. The molecule has 3 N–H and O–H groups in total. The summed E-state index contributed by atoms with van der Waals surface area (Å²) in [4.78, 5) is 29.9. The van der Waals surface area contributed by atoms with Crippen LogP contribution in [0.4, 0.5) is 10.2 Å². The molecule has 10 heteroatoms. The maximum atomic E-state index is 14.7. The van der Waals surface area contributed by atoms with Gasteiger partial charge in [-0.15, -0.1) is 12.4 Å². The Morgan fingerprint density at radius 1 is 1.41 bits per heavy atom. The van der Waals surface area contributed by atoms with Gasteiger partial charge in [0.1, 0.15) is 11.2 Å². The van der Waals surface area contributed by atoms with Crippen molar-refractivity contribution in [1.82, 2.24) is 9.55 Å². The molecule has 146 valence electrons. The van der Waals surface area contributed by atoms with Gasteiger partial charge in [-0.1, -0.05) is 0 Å². The fraction of sp³-hybridized carbons (Fsp3) is 0.471. The number of carboxylic acid groups (broad SMARTS) is 1. The van der Waals surface area contributed by atoms with Crippen LogP contribution >= 0.6 is 12.4 Å². The van der Waals surface area contributed by atoms with Crippen molar-refractivity contribution in [2.75, 3.05) is 25.1 Å². The van der Waals surface area contributed by atoms with Gasteiger partial charge in [-0.25, -0.2) is 14.2 Å². The molecule has 0 radical (unpaired) electrons. The predicted molar refractivity (Wildman–Crippen MR) is 99.4 cm³/mol. The summed E-state index contributed by atoms with van der Waals surface area (Å²) in [6.45, 7) is 0.781. The highest BCUT2D eigenvalue weighted by Crippen LogP contribution is 2.37. The van der Waals surface area contributed by atoms with Crippen molar-refractivity contribution in [2.45, 2.75) is 31.0 Å². The van der Waals surface area contributed by atoms with Gasteiger partial charge in [0.2, 0.25) is 5.43 Å². The zero-order valence-electron chi connectivity index (χ0n) is 14.6. The molecule has 0 unspecified atom stereocenters. The van der Waals surface area contributed by atoms with E-state index in [-0.39, 0.29) is 47.4 Å². The first kappa shape index (κ1) is 19.5. The van der Waals surface area contributed by atoms with Gasteiger partial charge in [0.05, 0.1) is 17.5 Å². The molecule has 2 aromatic heterocycles. The standard InChI is InChI=1S/C17H19FN4O4.ClH/c1-26-13-7-21(6-12(13)19)16-11(18)4-9-14(23)10(17(24)25)5-22(8-2-3-8)15(9)20-16;/h4-5,8,12-13H,2-3,6-7,19H2,1H3,(H,24,25);1H/t12-,13+;/m0./s1. The molecule has 2 aliphatic rings. The second-order valence-corrected chi connectivity index (χ2v) is 6.82. The number of anilines is 1. The number of rotatable bonds is 4. The molecule has 2 atom stereocenters. The van der Waals surface area contributed by atoms with Crippen molar-refractivity contribution < 1.29 is 19.0 Å². The lowest BCUT2D eigenvalue weighted by Gasteiger charge is -2.19. The number of hydrogen-bond acceptors (Lipinski definition) is 6. The predicted octanol–water partition coefficient (Wildman–Crippen LogP) is 1.15. The van der Waals surface area contributed by atoms with Crippen molar-refractivity contribution in [3.8, 4) is 0 Å². The van der Waals surface area contributed by atoms with E-state index in [0.29, 0.717) is 18.7 Å². The Bertz CT molecular complexity index is 962. The average Bonchev–Trinajstić information content (AvgIpc) is 3.37. The van der Waals surface area contributed by atoms with E-state index in [4.69, 9.17) is 10.5 Å². The van der Waals surface area contributed by atoms with Gasteiger partial charge in [0.15, 0.2) is 11.6 Å². The highest BCUT2D eigenvalue weighted by atomic mass is 35.5. The third kappa shape index (κ3) is 3.26. The Morgan fingerprint density at radius 2 is 2.11 bits per heavy atom. The average molecular weight is 399 g/mol. The van der Waals surface area contributed by atoms with E-state index in [9.17, 15) is 19.1 Å². The van der Waals surface area contributed by atoms with Gasteiger partial charge in [-0.2, -0.15) is 0 Å². The van der Waals surface area contributed by atoms with E-state index in [2.05, 4.69) is 4.98 Å². The summed E-state index contributed by atoms with van der Waals surface area (Å²) >= 11 is 0. The molecule has 2 aromatic rings. The normalized spacial score (nSPS) is 22.1. The van der Waals surface area contributed by atoms with E-state index in [1.54, 1.807) is 16.6 Å². The number of methoxy groups -OCH3 is 1. The first-order valence-electron chi connectivity index (χ1n) is 8.42. The van der Waals surface area contributed by atoms with Crippen LogP contribution in [0.15, 0.2) is 17.1 Å². The fourth-order valence-corrected chi connectivity index (χ4v) is 3.46. The smallest absolute Gasteiger partial charge is 0.341 e. The number of ether oxygens (including phenoxy) is 1. The van der Waals surface area contributed by atoms with Crippen LogP contribution in [0.5, 0.6) is 0 Å². The van der Waals surface area contributed by atoms with Crippen LogP contribution < -0.4 is 16.1 Å². The molecule has 4 rings (SSSR count). The zero-order valence-corrected chi connectivity index (χ0v) is 15.4. The lowest BCUT2D eigenvalue weighted by Crippen LogP contribution is -2.34. The molecular weight excluding hydrogens is 379 g/mol. The molecule has 0 spiro atoms. The molecule has 0 aromatic carbocycles. The van der Waals surface area contributed by atoms with Crippen molar-refractivity contribution in [1.29, 1.82) is 0 Å². The number of halogens is 2. The van der Waals surface area contributed by atoms with Crippen LogP contribution in [-0.2, 0) is 4.74 Å². The van der Waals surface area contributed by atoms with E-state index in [1.807, 2.05) is 0 Å². The molecule has 1 saturated carbocycles. The Labute approximate surface area is 160 Å². The summed E-state index contributed by atoms with van der Waals surface area (Å²) in [6, 6.07) is 0.892. The number of nitrogens with two attached hydrogens (primary N) is 1. The zero-order chi connectivity index (χ0) is 18.6. The number of hydrogen-bond donors (Lipinski definition) is 2. The van der Waals surface area contributed by atoms with Gasteiger partial charge in [-0.3, -0.25) is 4.79 Å². The summed E-state index contributed by atoms with van der Waals surface area (Å²) in [5.74, 6) is -1.91. The lowest BCUT2D eigenvalue weighted by molar-refractivity contribution is 0.0695. The molecule has 1 aliphatic carbocycles. The number of aromatic nitrogens is 2. The van der Waals surface area contributed by atoms with E-state index in [0.717, 1.165) is 18.9 Å². The van der Waals surface area contributed by atoms with Crippen molar-refractivity contribution in [2.24, 2.45) is 5.73 Å². The minimum Gasteiger partial charge on any atom is -0.477 e. The van der Waals surface area contributed by atoms with Gasteiger partial charge >= 0.3 is 5.97 Å². The maximum absolute atomic E-state index is 14.7. The van der Waals surface area contributed by atoms with Gasteiger partial charge in [-0.05, 0) is 18.9 Å². The quantitative estimate of drug-likeness (QED) is 0.794.